The molecule has 0 aromatic carbocycles. The van der Waals surface area contributed by atoms with Crippen LogP contribution in [-0.2, 0) is 0 Å². The van der Waals surface area contributed by atoms with Gasteiger partial charge in [-0.3, -0.25) is 9.78 Å². The van der Waals surface area contributed by atoms with E-state index in [1.807, 2.05) is 4.90 Å². The van der Waals surface area contributed by atoms with E-state index in [0.717, 1.165) is 25.7 Å². The molecule has 0 radical (unpaired) electrons. The van der Waals surface area contributed by atoms with E-state index in [2.05, 4.69) is 15.2 Å². The van der Waals surface area contributed by atoms with Crippen LogP contribution in [0, 0.1) is 0 Å². The van der Waals surface area contributed by atoms with E-state index >= 15 is 0 Å². The van der Waals surface area contributed by atoms with Crippen molar-refractivity contribution in [3.63, 3.8) is 0 Å². The summed E-state index contributed by atoms with van der Waals surface area (Å²) in [5.74, 6) is 0.270. The van der Waals surface area contributed by atoms with Crippen LogP contribution in [0.15, 0.2) is 9.59 Å². The first-order valence-electron chi connectivity index (χ1n) is 6.38. The maximum Gasteiger partial charge on any atom is 0.342 e. The van der Waals surface area contributed by atoms with Crippen molar-refractivity contribution in [2.24, 2.45) is 5.73 Å². The van der Waals surface area contributed by atoms with Gasteiger partial charge in [-0.05, 0) is 12.8 Å². The molecule has 1 heterocycles. The van der Waals surface area contributed by atoms with Gasteiger partial charge in [0.05, 0.1) is 0 Å². The predicted molar refractivity (Wildman–Crippen MR) is 68.8 cm³/mol. The molecule has 1 aromatic heterocycles. The molecular weight excluding hydrogens is 234 g/mol. The van der Waals surface area contributed by atoms with Crippen LogP contribution in [0.3, 0.4) is 0 Å². The quantitative estimate of drug-likeness (QED) is 0.674. The average Bonchev–Trinajstić information content (AvgIpc) is 2.38. The molecule has 100 valence electrons. The summed E-state index contributed by atoms with van der Waals surface area (Å²) in [6, 6.07) is 0.293. The average molecular weight is 253 g/mol. The standard InChI is InChI=1S/C11H19N5O2/c12-6-7-16(8-4-2-1-3-5-8)9-10(17)13-11(18)15-14-9/h8H,1-7,12H2,(H2,13,15,17,18). The molecule has 0 unspecified atom stereocenters. The summed E-state index contributed by atoms with van der Waals surface area (Å²) in [4.78, 5) is 26.9. The van der Waals surface area contributed by atoms with Crippen LogP contribution in [0.5, 0.6) is 0 Å². The summed E-state index contributed by atoms with van der Waals surface area (Å²) in [6.07, 6.45) is 5.64. The van der Waals surface area contributed by atoms with Gasteiger partial charge in [-0.15, -0.1) is 5.10 Å². The Balaban J connectivity index is 2.28. The van der Waals surface area contributed by atoms with Crippen molar-refractivity contribution in [2.75, 3.05) is 18.0 Å². The highest BCUT2D eigenvalue weighted by Crippen LogP contribution is 2.23. The minimum Gasteiger partial charge on any atom is -0.346 e. The molecule has 1 aliphatic carbocycles. The number of nitrogens with one attached hydrogen (secondary N) is 2. The highest BCUT2D eigenvalue weighted by atomic mass is 16.2. The van der Waals surface area contributed by atoms with Gasteiger partial charge in [0.2, 0.25) is 5.82 Å². The summed E-state index contributed by atoms with van der Waals surface area (Å²) in [6.45, 7) is 1.03. The largest absolute Gasteiger partial charge is 0.346 e. The first-order chi connectivity index (χ1) is 8.72. The molecule has 1 fully saturated rings. The Bertz CT molecular complexity index is 489. The fraction of sp³-hybridized carbons (Fsp3) is 0.727. The maximum absolute atomic E-state index is 11.8. The molecule has 1 aromatic rings. The van der Waals surface area contributed by atoms with Gasteiger partial charge in [-0.25, -0.2) is 9.89 Å². The van der Waals surface area contributed by atoms with Crippen molar-refractivity contribution in [2.45, 2.75) is 38.1 Å². The third kappa shape index (κ3) is 2.79. The molecule has 1 saturated carbocycles. The zero-order valence-corrected chi connectivity index (χ0v) is 10.3. The zero-order chi connectivity index (χ0) is 13.0. The molecule has 2 rings (SSSR count). The molecule has 0 aliphatic heterocycles. The third-order valence-corrected chi connectivity index (χ3v) is 3.35. The monoisotopic (exact) mass is 253 g/mol. The van der Waals surface area contributed by atoms with Crippen LogP contribution in [0.1, 0.15) is 32.1 Å². The number of aromatic amines is 2. The van der Waals surface area contributed by atoms with Crippen LogP contribution in [0.2, 0.25) is 0 Å². The molecule has 0 atom stereocenters. The number of H-pyrrole nitrogens is 2. The van der Waals surface area contributed by atoms with Gasteiger partial charge in [0.1, 0.15) is 0 Å². The fourth-order valence-corrected chi connectivity index (χ4v) is 2.53. The van der Waals surface area contributed by atoms with Crippen molar-refractivity contribution in [3.8, 4) is 0 Å². The van der Waals surface area contributed by atoms with E-state index in [4.69, 9.17) is 5.73 Å². The molecule has 0 bridgehead atoms. The number of nitrogens with two attached hydrogens (primary N) is 1. The smallest absolute Gasteiger partial charge is 0.342 e. The number of rotatable bonds is 4. The lowest BCUT2D eigenvalue weighted by Crippen LogP contribution is -2.44. The Morgan fingerprint density at radius 1 is 1.28 bits per heavy atom. The summed E-state index contributed by atoms with van der Waals surface area (Å²) in [5, 5.41) is 6.14. The van der Waals surface area contributed by atoms with Crippen LogP contribution in [0.4, 0.5) is 5.82 Å². The lowest BCUT2D eigenvalue weighted by Gasteiger charge is -2.34. The van der Waals surface area contributed by atoms with E-state index in [9.17, 15) is 9.59 Å². The second-order valence-corrected chi connectivity index (χ2v) is 4.60. The SMILES string of the molecule is NCCN(c1n[nH]c(=O)[nH]c1=O)C1CCCCC1. The Morgan fingerprint density at radius 2 is 2.00 bits per heavy atom. The number of anilines is 1. The Hall–Kier alpha value is -1.63. The predicted octanol–water partition coefficient (Wildman–Crippen LogP) is -0.444. The van der Waals surface area contributed by atoms with Crippen molar-refractivity contribution in [3.05, 3.63) is 20.8 Å². The van der Waals surface area contributed by atoms with Crippen molar-refractivity contribution >= 4 is 5.82 Å². The molecule has 0 amide bonds. The van der Waals surface area contributed by atoms with Crippen LogP contribution in [0.25, 0.3) is 0 Å². The summed E-state index contributed by atoms with van der Waals surface area (Å²) in [5.41, 5.74) is 4.57. The maximum atomic E-state index is 11.8. The van der Waals surface area contributed by atoms with E-state index in [0.29, 0.717) is 19.1 Å². The normalized spacial score (nSPS) is 16.7. The fourth-order valence-electron chi connectivity index (χ4n) is 2.53. The summed E-state index contributed by atoms with van der Waals surface area (Å²) < 4.78 is 0. The summed E-state index contributed by atoms with van der Waals surface area (Å²) in [7, 11) is 0. The Kier molecular flexibility index (Phi) is 4.14. The molecule has 4 N–H and O–H groups in total. The molecule has 18 heavy (non-hydrogen) atoms. The number of nitrogens with zero attached hydrogens (tertiary/aromatic N) is 2. The second-order valence-electron chi connectivity index (χ2n) is 4.60. The highest BCUT2D eigenvalue weighted by Gasteiger charge is 2.24. The van der Waals surface area contributed by atoms with E-state index in [-0.39, 0.29) is 5.82 Å². The zero-order valence-electron chi connectivity index (χ0n) is 10.3. The van der Waals surface area contributed by atoms with Crippen LogP contribution >= 0.6 is 0 Å². The van der Waals surface area contributed by atoms with Crippen LogP contribution < -0.4 is 21.9 Å². The Labute approximate surface area is 104 Å². The number of hydrogen-bond acceptors (Lipinski definition) is 5. The molecule has 0 saturated heterocycles. The number of aromatic nitrogens is 3. The van der Waals surface area contributed by atoms with Gasteiger partial charge in [-0.1, -0.05) is 19.3 Å². The minimum atomic E-state index is -0.583. The van der Waals surface area contributed by atoms with Crippen molar-refractivity contribution in [1.29, 1.82) is 0 Å². The lowest BCUT2D eigenvalue weighted by molar-refractivity contribution is 0.412. The highest BCUT2D eigenvalue weighted by molar-refractivity contribution is 5.36. The van der Waals surface area contributed by atoms with Crippen molar-refractivity contribution in [1.82, 2.24) is 15.2 Å². The first kappa shape index (κ1) is 12.8. The topological polar surface area (TPSA) is 108 Å². The van der Waals surface area contributed by atoms with Gasteiger partial charge < -0.3 is 10.6 Å². The van der Waals surface area contributed by atoms with Gasteiger partial charge in [0.25, 0.3) is 5.56 Å². The van der Waals surface area contributed by atoms with E-state index in [1.165, 1.54) is 6.42 Å². The summed E-state index contributed by atoms with van der Waals surface area (Å²) >= 11 is 0. The van der Waals surface area contributed by atoms with E-state index in [1.54, 1.807) is 0 Å². The number of hydrogen-bond donors (Lipinski definition) is 3. The molecule has 1 aliphatic rings. The van der Waals surface area contributed by atoms with Gasteiger partial charge in [-0.2, -0.15) is 0 Å². The minimum absolute atomic E-state index is 0.270. The van der Waals surface area contributed by atoms with Gasteiger partial charge >= 0.3 is 5.69 Å². The van der Waals surface area contributed by atoms with Crippen molar-refractivity contribution < 1.29 is 0 Å². The van der Waals surface area contributed by atoms with Gasteiger partial charge in [0, 0.05) is 19.1 Å². The third-order valence-electron chi connectivity index (χ3n) is 3.35. The van der Waals surface area contributed by atoms with E-state index < -0.39 is 11.2 Å². The lowest BCUT2D eigenvalue weighted by atomic mass is 9.94. The molecule has 0 spiro atoms. The Morgan fingerprint density at radius 3 is 2.61 bits per heavy atom. The molecular formula is C11H19N5O2. The second kappa shape index (κ2) is 5.81. The van der Waals surface area contributed by atoms with Crippen LogP contribution in [-0.4, -0.2) is 34.3 Å². The molecule has 7 heteroatoms. The molecule has 7 nitrogen and oxygen atoms in total. The van der Waals surface area contributed by atoms with Gasteiger partial charge in [0.15, 0.2) is 0 Å². The first-order valence-corrected chi connectivity index (χ1v) is 6.38.